The summed E-state index contributed by atoms with van der Waals surface area (Å²) in [4.78, 5) is 4.40. The molecule has 1 aromatic carbocycles. The van der Waals surface area contributed by atoms with Crippen LogP contribution in [0.25, 0.3) is 5.70 Å². The Hall–Kier alpha value is -1.02. The van der Waals surface area contributed by atoms with Gasteiger partial charge in [-0.25, -0.2) is 0 Å². The van der Waals surface area contributed by atoms with Gasteiger partial charge in [0.25, 0.3) is 0 Å². The van der Waals surface area contributed by atoms with E-state index in [4.69, 9.17) is 0 Å². The average molecular weight is 205 g/mol. The molecule has 0 bridgehead atoms. The number of aliphatic imine (C=N–C) groups is 1. The summed E-state index contributed by atoms with van der Waals surface area (Å²) in [5, 5.41) is 1.73. The van der Waals surface area contributed by atoms with Crippen LogP contribution in [0.15, 0.2) is 34.7 Å². The maximum absolute atomic E-state index is 4.40. The molecule has 0 N–H and O–H groups in total. The first-order valence-corrected chi connectivity index (χ1v) is 5.08. The largest absolute Gasteiger partial charge is 0.257 e. The maximum Gasteiger partial charge on any atom is 0.0761 e. The first kappa shape index (κ1) is 11.1. The van der Waals surface area contributed by atoms with Crippen molar-refractivity contribution in [1.29, 1.82) is 0 Å². The van der Waals surface area contributed by atoms with Crippen molar-refractivity contribution in [2.75, 3.05) is 0 Å². The molecule has 0 radical (unpaired) electrons. The van der Waals surface area contributed by atoms with Crippen LogP contribution in [0.3, 0.4) is 0 Å². The molecule has 1 nitrogen and oxygen atoms in total. The number of rotatable bonds is 2. The van der Waals surface area contributed by atoms with Crippen LogP contribution in [0.5, 0.6) is 0 Å². The third kappa shape index (κ3) is 3.04. The van der Waals surface area contributed by atoms with Crippen molar-refractivity contribution in [1.82, 2.24) is 0 Å². The molecule has 0 amide bonds. The molecule has 0 atom stereocenters. The Morgan fingerprint density at radius 2 is 1.79 bits per heavy atom. The zero-order valence-electron chi connectivity index (χ0n) is 8.78. The van der Waals surface area contributed by atoms with Crippen LogP contribution in [0.1, 0.15) is 25.0 Å². The van der Waals surface area contributed by atoms with Crippen LogP contribution in [0, 0.1) is 6.92 Å². The van der Waals surface area contributed by atoms with E-state index in [1.165, 1.54) is 5.56 Å². The molecule has 0 spiro atoms. The highest BCUT2D eigenvalue weighted by atomic mass is 32.1. The summed E-state index contributed by atoms with van der Waals surface area (Å²) < 4.78 is 0. The molecule has 0 saturated heterocycles. The summed E-state index contributed by atoms with van der Waals surface area (Å²) in [6, 6.07) is 8.27. The lowest BCUT2D eigenvalue weighted by atomic mass is 10.1. The molecule has 0 unspecified atom stereocenters. The van der Waals surface area contributed by atoms with E-state index in [0.717, 1.165) is 17.0 Å². The number of hydrogen-bond donors (Lipinski definition) is 1. The standard InChI is InChI=1S/C12H15NS/c1-9(2)13-12(8-14)11-6-4-10(3)5-7-11/h4-8,14H,1-3H3/b12-8-. The lowest BCUT2D eigenvalue weighted by molar-refractivity contribution is 1.42. The van der Waals surface area contributed by atoms with E-state index in [1.807, 2.05) is 13.8 Å². The summed E-state index contributed by atoms with van der Waals surface area (Å²) >= 11 is 4.16. The van der Waals surface area contributed by atoms with Gasteiger partial charge in [-0.15, -0.1) is 12.6 Å². The molecule has 0 aliphatic rings. The van der Waals surface area contributed by atoms with Crippen molar-refractivity contribution >= 4 is 24.0 Å². The van der Waals surface area contributed by atoms with Gasteiger partial charge in [-0.05, 0) is 26.2 Å². The van der Waals surface area contributed by atoms with Gasteiger partial charge < -0.3 is 0 Å². The van der Waals surface area contributed by atoms with Gasteiger partial charge in [0.2, 0.25) is 0 Å². The second-order valence-corrected chi connectivity index (χ2v) is 3.70. The number of nitrogens with zero attached hydrogens (tertiary/aromatic N) is 1. The molecule has 0 aliphatic carbocycles. The number of thiol groups is 1. The fourth-order valence-corrected chi connectivity index (χ4v) is 1.34. The van der Waals surface area contributed by atoms with Crippen LogP contribution < -0.4 is 0 Å². The van der Waals surface area contributed by atoms with Gasteiger partial charge in [0, 0.05) is 11.3 Å². The Kier molecular flexibility index (Phi) is 3.96. The van der Waals surface area contributed by atoms with Crippen LogP contribution in [0.2, 0.25) is 0 Å². The summed E-state index contributed by atoms with van der Waals surface area (Å²) in [5.41, 5.74) is 4.30. The van der Waals surface area contributed by atoms with Crippen molar-refractivity contribution in [3.8, 4) is 0 Å². The highest BCUT2D eigenvalue weighted by Gasteiger charge is 1.97. The maximum atomic E-state index is 4.40. The zero-order valence-corrected chi connectivity index (χ0v) is 9.68. The predicted molar refractivity (Wildman–Crippen MR) is 66.9 cm³/mol. The average Bonchev–Trinajstić information content (AvgIpc) is 2.15. The Labute approximate surface area is 91.0 Å². The fourth-order valence-electron chi connectivity index (χ4n) is 1.13. The zero-order chi connectivity index (χ0) is 10.6. The highest BCUT2D eigenvalue weighted by molar-refractivity contribution is 7.83. The summed E-state index contributed by atoms with van der Waals surface area (Å²) in [6.07, 6.45) is 0. The second kappa shape index (κ2) is 5.01. The van der Waals surface area contributed by atoms with Gasteiger partial charge >= 0.3 is 0 Å². The quantitative estimate of drug-likeness (QED) is 0.558. The van der Waals surface area contributed by atoms with Gasteiger partial charge in [0.05, 0.1) is 5.70 Å². The molecule has 14 heavy (non-hydrogen) atoms. The number of aryl methyl sites for hydroxylation is 1. The molecule has 0 saturated carbocycles. The van der Waals surface area contributed by atoms with Crippen molar-refractivity contribution in [3.05, 3.63) is 40.8 Å². The Morgan fingerprint density at radius 1 is 1.21 bits per heavy atom. The summed E-state index contributed by atoms with van der Waals surface area (Å²) in [6.45, 7) is 6.03. The van der Waals surface area contributed by atoms with Crippen molar-refractivity contribution in [2.24, 2.45) is 4.99 Å². The lowest BCUT2D eigenvalue weighted by Gasteiger charge is -2.02. The van der Waals surface area contributed by atoms with Crippen LogP contribution in [0.4, 0.5) is 0 Å². The van der Waals surface area contributed by atoms with Gasteiger partial charge in [0.1, 0.15) is 0 Å². The fraction of sp³-hybridized carbons (Fsp3) is 0.250. The van der Waals surface area contributed by atoms with Crippen LogP contribution >= 0.6 is 12.6 Å². The SMILES string of the molecule is CC(C)=N/C(=C\S)c1ccc(C)cc1. The number of benzene rings is 1. The summed E-state index contributed by atoms with van der Waals surface area (Å²) in [7, 11) is 0. The normalized spacial score (nSPS) is 11.3. The smallest absolute Gasteiger partial charge is 0.0761 e. The van der Waals surface area contributed by atoms with E-state index in [9.17, 15) is 0 Å². The third-order valence-electron chi connectivity index (χ3n) is 1.81. The molecular formula is C12H15NS. The lowest BCUT2D eigenvalue weighted by Crippen LogP contribution is -1.85. The third-order valence-corrected chi connectivity index (χ3v) is 2.06. The Balaban J connectivity index is 3.03. The van der Waals surface area contributed by atoms with Gasteiger partial charge in [-0.3, -0.25) is 4.99 Å². The van der Waals surface area contributed by atoms with Crippen molar-refractivity contribution in [2.45, 2.75) is 20.8 Å². The van der Waals surface area contributed by atoms with Gasteiger partial charge in [-0.2, -0.15) is 0 Å². The first-order chi connectivity index (χ1) is 6.63. The minimum absolute atomic E-state index is 0.910. The molecule has 1 rings (SSSR count). The van der Waals surface area contributed by atoms with Crippen LogP contribution in [-0.2, 0) is 0 Å². The van der Waals surface area contributed by atoms with Crippen molar-refractivity contribution in [3.63, 3.8) is 0 Å². The Morgan fingerprint density at radius 3 is 2.21 bits per heavy atom. The van der Waals surface area contributed by atoms with E-state index in [-0.39, 0.29) is 0 Å². The monoisotopic (exact) mass is 205 g/mol. The molecule has 74 valence electrons. The predicted octanol–water partition coefficient (Wildman–Crippen LogP) is 3.70. The van der Waals surface area contributed by atoms with E-state index in [0.29, 0.717) is 0 Å². The minimum Gasteiger partial charge on any atom is -0.257 e. The molecule has 1 aromatic rings. The van der Waals surface area contributed by atoms with Gasteiger partial charge in [-0.1, -0.05) is 29.8 Å². The van der Waals surface area contributed by atoms with E-state index >= 15 is 0 Å². The Bertz CT molecular complexity index is 356. The van der Waals surface area contributed by atoms with Gasteiger partial charge in [0.15, 0.2) is 0 Å². The van der Waals surface area contributed by atoms with E-state index in [1.54, 1.807) is 5.41 Å². The molecule has 0 aliphatic heterocycles. The molecule has 2 heteroatoms. The molecular weight excluding hydrogens is 190 g/mol. The second-order valence-electron chi connectivity index (χ2n) is 3.44. The molecule has 0 heterocycles. The highest BCUT2D eigenvalue weighted by Crippen LogP contribution is 2.17. The number of hydrogen-bond acceptors (Lipinski definition) is 2. The summed E-state index contributed by atoms with van der Waals surface area (Å²) in [5.74, 6) is 0. The van der Waals surface area contributed by atoms with Crippen molar-refractivity contribution < 1.29 is 0 Å². The molecule has 0 fully saturated rings. The van der Waals surface area contributed by atoms with E-state index < -0.39 is 0 Å². The topological polar surface area (TPSA) is 12.4 Å². The van der Waals surface area contributed by atoms with E-state index in [2.05, 4.69) is 48.8 Å². The first-order valence-electron chi connectivity index (χ1n) is 4.57. The van der Waals surface area contributed by atoms with Crippen LogP contribution in [-0.4, -0.2) is 5.71 Å². The molecule has 0 aromatic heterocycles. The minimum atomic E-state index is 0.910.